The first kappa shape index (κ1) is 23.7. The second kappa shape index (κ2) is 11.1. The van der Waals surface area contributed by atoms with Crippen molar-refractivity contribution in [3.8, 4) is 22.6 Å². The molecule has 0 amide bonds. The van der Waals surface area contributed by atoms with Gasteiger partial charge in [0.05, 0.1) is 37.7 Å². The third kappa shape index (κ3) is 5.73. The predicted molar refractivity (Wildman–Crippen MR) is 132 cm³/mol. The van der Waals surface area contributed by atoms with Crippen molar-refractivity contribution < 1.29 is 14.2 Å². The molecule has 0 unspecified atom stereocenters. The van der Waals surface area contributed by atoms with Crippen LogP contribution in [-0.2, 0) is 17.7 Å². The molecule has 0 bridgehead atoms. The molecule has 1 aliphatic heterocycles. The standard InChI is InChI=1S/C25H32N6O3/c1-3-33-21-12-17(11-19-15-29-25(27)30-24(19)26)13-22(34-4-2)23(21)18-5-6-20(28-14-18)16-31-7-9-32-10-8-31/h5-6,12-15H,3-4,7-11,16H2,1-2H3,(H4,26,27,29,30). The molecule has 1 saturated heterocycles. The van der Waals surface area contributed by atoms with Gasteiger partial charge in [0.1, 0.15) is 17.3 Å². The van der Waals surface area contributed by atoms with E-state index in [1.165, 1.54) is 0 Å². The molecule has 4 N–H and O–H groups in total. The summed E-state index contributed by atoms with van der Waals surface area (Å²) in [5, 5.41) is 0. The summed E-state index contributed by atoms with van der Waals surface area (Å²) >= 11 is 0. The molecule has 180 valence electrons. The van der Waals surface area contributed by atoms with Crippen molar-refractivity contribution in [3.05, 3.63) is 53.5 Å². The van der Waals surface area contributed by atoms with Crippen LogP contribution in [0.5, 0.6) is 11.5 Å². The fourth-order valence-corrected chi connectivity index (χ4v) is 4.01. The Morgan fingerprint density at radius 1 is 0.971 bits per heavy atom. The SMILES string of the molecule is CCOc1cc(Cc2cnc(N)nc2N)cc(OCC)c1-c1ccc(CN2CCOCC2)nc1. The number of anilines is 2. The lowest BCUT2D eigenvalue weighted by Gasteiger charge is -2.26. The van der Waals surface area contributed by atoms with Crippen molar-refractivity contribution in [2.75, 3.05) is 51.0 Å². The minimum atomic E-state index is 0.158. The van der Waals surface area contributed by atoms with E-state index < -0.39 is 0 Å². The van der Waals surface area contributed by atoms with Gasteiger partial charge in [-0.25, -0.2) is 4.98 Å². The first-order chi connectivity index (χ1) is 16.6. The number of nitrogens with two attached hydrogens (primary N) is 2. The molecule has 0 saturated carbocycles. The Kier molecular flexibility index (Phi) is 7.76. The summed E-state index contributed by atoms with van der Waals surface area (Å²) in [7, 11) is 0. The predicted octanol–water partition coefficient (Wildman–Crippen LogP) is 2.92. The normalized spacial score (nSPS) is 14.2. The molecule has 3 heterocycles. The van der Waals surface area contributed by atoms with E-state index in [0.29, 0.717) is 25.5 Å². The molecule has 0 radical (unpaired) electrons. The van der Waals surface area contributed by atoms with E-state index >= 15 is 0 Å². The van der Waals surface area contributed by atoms with Crippen molar-refractivity contribution >= 4 is 11.8 Å². The molecule has 9 heteroatoms. The van der Waals surface area contributed by atoms with Crippen LogP contribution in [0.15, 0.2) is 36.7 Å². The molecule has 1 fully saturated rings. The largest absolute Gasteiger partial charge is 0.493 e. The van der Waals surface area contributed by atoms with E-state index in [4.69, 9.17) is 30.7 Å². The number of nitrogens with zero attached hydrogens (tertiary/aromatic N) is 4. The highest BCUT2D eigenvalue weighted by Gasteiger charge is 2.18. The molecular weight excluding hydrogens is 432 g/mol. The van der Waals surface area contributed by atoms with E-state index in [2.05, 4.69) is 27.0 Å². The fraction of sp³-hybridized carbons (Fsp3) is 0.400. The summed E-state index contributed by atoms with van der Waals surface area (Å²) in [6, 6.07) is 8.17. The van der Waals surface area contributed by atoms with Gasteiger partial charge in [0.25, 0.3) is 0 Å². The number of ether oxygens (including phenoxy) is 3. The molecule has 0 aliphatic carbocycles. The zero-order valence-corrected chi connectivity index (χ0v) is 19.8. The van der Waals surface area contributed by atoms with Gasteiger partial charge >= 0.3 is 0 Å². The maximum Gasteiger partial charge on any atom is 0.221 e. The molecule has 2 aromatic heterocycles. The molecule has 3 aromatic rings. The highest BCUT2D eigenvalue weighted by molar-refractivity contribution is 5.77. The maximum absolute atomic E-state index is 6.05. The molecule has 1 aliphatic rings. The summed E-state index contributed by atoms with van der Waals surface area (Å²) in [6.07, 6.45) is 4.08. The third-order valence-electron chi connectivity index (χ3n) is 5.64. The lowest BCUT2D eigenvalue weighted by atomic mass is 9.99. The van der Waals surface area contributed by atoms with Gasteiger partial charge in [-0.15, -0.1) is 0 Å². The molecule has 9 nitrogen and oxygen atoms in total. The Bertz CT molecular complexity index is 1070. The number of hydrogen-bond donors (Lipinski definition) is 2. The fourth-order valence-electron chi connectivity index (χ4n) is 4.01. The zero-order chi connectivity index (χ0) is 23.9. The Morgan fingerprint density at radius 3 is 2.26 bits per heavy atom. The topological polar surface area (TPSA) is 122 Å². The average molecular weight is 465 g/mol. The Balaban J connectivity index is 1.65. The van der Waals surface area contributed by atoms with Gasteiger partial charge in [-0.1, -0.05) is 6.07 Å². The Labute approximate surface area is 200 Å². The number of rotatable bonds is 9. The van der Waals surface area contributed by atoms with Crippen molar-refractivity contribution in [2.24, 2.45) is 0 Å². The zero-order valence-electron chi connectivity index (χ0n) is 19.8. The van der Waals surface area contributed by atoms with E-state index in [-0.39, 0.29) is 5.95 Å². The van der Waals surface area contributed by atoms with E-state index in [0.717, 1.165) is 72.3 Å². The van der Waals surface area contributed by atoms with Crippen molar-refractivity contribution in [1.82, 2.24) is 19.9 Å². The smallest absolute Gasteiger partial charge is 0.221 e. The van der Waals surface area contributed by atoms with Gasteiger partial charge in [-0.3, -0.25) is 9.88 Å². The van der Waals surface area contributed by atoms with E-state index in [1.54, 1.807) is 6.20 Å². The van der Waals surface area contributed by atoms with Crippen molar-refractivity contribution in [3.63, 3.8) is 0 Å². The summed E-state index contributed by atoms with van der Waals surface area (Å²) < 4.78 is 17.5. The summed E-state index contributed by atoms with van der Waals surface area (Å²) in [5.41, 5.74) is 16.3. The van der Waals surface area contributed by atoms with Crippen LogP contribution in [0.4, 0.5) is 11.8 Å². The molecule has 34 heavy (non-hydrogen) atoms. The van der Waals surface area contributed by atoms with Crippen LogP contribution < -0.4 is 20.9 Å². The maximum atomic E-state index is 6.05. The second-order valence-corrected chi connectivity index (χ2v) is 8.08. The number of nitrogen functional groups attached to an aromatic ring is 2. The second-order valence-electron chi connectivity index (χ2n) is 8.08. The van der Waals surface area contributed by atoms with Gasteiger partial charge in [-0.2, -0.15) is 4.98 Å². The molecular formula is C25H32N6O3. The van der Waals surface area contributed by atoms with Gasteiger partial charge in [0, 0.05) is 49.6 Å². The monoisotopic (exact) mass is 464 g/mol. The van der Waals surface area contributed by atoms with Gasteiger partial charge < -0.3 is 25.7 Å². The molecule has 0 spiro atoms. The Hall–Kier alpha value is -3.43. The average Bonchev–Trinajstić information content (AvgIpc) is 2.83. The third-order valence-corrected chi connectivity index (χ3v) is 5.64. The van der Waals surface area contributed by atoms with Crippen LogP contribution in [0.25, 0.3) is 11.1 Å². The van der Waals surface area contributed by atoms with Crippen LogP contribution in [0.2, 0.25) is 0 Å². The van der Waals surface area contributed by atoms with Gasteiger partial charge in [0.2, 0.25) is 5.95 Å². The van der Waals surface area contributed by atoms with Crippen LogP contribution in [0, 0.1) is 0 Å². The number of aromatic nitrogens is 3. The van der Waals surface area contributed by atoms with Crippen LogP contribution in [0.3, 0.4) is 0 Å². The number of morpholine rings is 1. The van der Waals surface area contributed by atoms with Gasteiger partial charge in [-0.05, 0) is 37.6 Å². The van der Waals surface area contributed by atoms with Crippen molar-refractivity contribution in [1.29, 1.82) is 0 Å². The summed E-state index contributed by atoms with van der Waals surface area (Å²) in [6.45, 7) is 9.19. The van der Waals surface area contributed by atoms with Crippen LogP contribution in [0.1, 0.15) is 30.7 Å². The quantitative estimate of drug-likeness (QED) is 0.492. The summed E-state index contributed by atoms with van der Waals surface area (Å²) in [4.78, 5) is 15.2. The molecule has 4 rings (SSSR count). The highest BCUT2D eigenvalue weighted by Crippen LogP contribution is 2.40. The highest BCUT2D eigenvalue weighted by atomic mass is 16.5. The Morgan fingerprint density at radius 2 is 1.68 bits per heavy atom. The van der Waals surface area contributed by atoms with Crippen LogP contribution in [-0.4, -0.2) is 59.4 Å². The minimum absolute atomic E-state index is 0.158. The van der Waals surface area contributed by atoms with E-state index in [1.807, 2.05) is 32.2 Å². The molecule has 1 aromatic carbocycles. The van der Waals surface area contributed by atoms with Crippen molar-refractivity contribution in [2.45, 2.75) is 26.8 Å². The first-order valence-electron chi connectivity index (χ1n) is 11.6. The first-order valence-corrected chi connectivity index (χ1v) is 11.6. The number of hydrogen-bond acceptors (Lipinski definition) is 9. The summed E-state index contributed by atoms with van der Waals surface area (Å²) in [5.74, 6) is 2.00. The lowest BCUT2D eigenvalue weighted by molar-refractivity contribution is 0.0336. The minimum Gasteiger partial charge on any atom is -0.493 e. The molecule has 0 atom stereocenters. The van der Waals surface area contributed by atoms with Gasteiger partial charge in [0.15, 0.2) is 0 Å². The lowest BCUT2D eigenvalue weighted by Crippen LogP contribution is -2.35. The van der Waals surface area contributed by atoms with Crippen LogP contribution >= 0.6 is 0 Å². The number of pyridine rings is 1. The number of benzene rings is 1. The van der Waals surface area contributed by atoms with E-state index in [9.17, 15) is 0 Å².